The van der Waals surface area contributed by atoms with Crippen molar-refractivity contribution in [2.75, 3.05) is 13.2 Å². The third-order valence-electron chi connectivity index (χ3n) is 3.54. The Morgan fingerprint density at radius 2 is 1.52 bits per heavy atom. The summed E-state index contributed by atoms with van der Waals surface area (Å²) < 4.78 is 23.1. The largest absolute Gasteiger partial charge is 0.348 e. The van der Waals surface area contributed by atoms with Crippen molar-refractivity contribution in [3.63, 3.8) is 0 Å². The van der Waals surface area contributed by atoms with E-state index in [1.54, 1.807) is 38.1 Å². The van der Waals surface area contributed by atoms with Crippen LogP contribution in [0.4, 0.5) is 0 Å². The number of hydrogen-bond donors (Lipinski definition) is 1. The Morgan fingerprint density at radius 3 is 2.08 bits per heavy atom. The molecule has 2 rings (SSSR count). The monoisotopic (exact) mass is 361 g/mol. The van der Waals surface area contributed by atoms with Gasteiger partial charge in [0.05, 0.1) is 19.4 Å². The molecular formula is C19H24NO4P. The maximum absolute atomic E-state index is 12.5. The van der Waals surface area contributed by atoms with E-state index in [4.69, 9.17) is 9.05 Å². The smallest absolute Gasteiger partial charge is 0.335 e. The van der Waals surface area contributed by atoms with Crippen LogP contribution in [0.25, 0.3) is 0 Å². The molecule has 0 saturated heterocycles. The van der Waals surface area contributed by atoms with Crippen molar-refractivity contribution in [1.29, 1.82) is 0 Å². The van der Waals surface area contributed by atoms with E-state index in [-0.39, 0.29) is 12.1 Å². The first kappa shape index (κ1) is 19.4. The van der Waals surface area contributed by atoms with E-state index in [0.717, 1.165) is 11.1 Å². The number of hydrogen-bond acceptors (Lipinski definition) is 4. The lowest BCUT2D eigenvalue weighted by atomic mass is 10.1. The van der Waals surface area contributed by atoms with Crippen LogP contribution in [0.3, 0.4) is 0 Å². The average Bonchev–Trinajstić information content (AvgIpc) is 2.61. The van der Waals surface area contributed by atoms with Crippen molar-refractivity contribution >= 4 is 13.5 Å². The van der Waals surface area contributed by atoms with E-state index in [1.807, 2.05) is 30.3 Å². The zero-order valence-electron chi connectivity index (χ0n) is 14.6. The molecule has 0 spiro atoms. The molecule has 0 bridgehead atoms. The molecule has 2 aromatic rings. The second-order valence-electron chi connectivity index (χ2n) is 5.47. The molecule has 0 aliphatic rings. The fourth-order valence-corrected chi connectivity index (χ4v) is 4.09. The molecule has 2 aromatic carbocycles. The van der Waals surface area contributed by atoms with Crippen LogP contribution in [-0.2, 0) is 26.3 Å². The zero-order valence-corrected chi connectivity index (χ0v) is 15.5. The molecule has 0 aliphatic carbocycles. The van der Waals surface area contributed by atoms with Gasteiger partial charge in [0.1, 0.15) is 0 Å². The van der Waals surface area contributed by atoms with Crippen LogP contribution < -0.4 is 5.32 Å². The molecule has 0 unspecified atom stereocenters. The Balaban J connectivity index is 1.96. The molecule has 0 radical (unpaired) electrons. The third-order valence-corrected chi connectivity index (χ3v) is 5.60. The Labute approximate surface area is 148 Å². The molecule has 25 heavy (non-hydrogen) atoms. The normalized spacial score (nSPS) is 11.3. The summed E-state index contributed by atoms with van der Waals surface area (Å²) in [7, 11) is -3.13. The second-order valence-corrected chi connectivity index (χ2v) is 7.52. The molecule has 0 heterocycles. The second kappa shape index (κ2) is 9.52. The van der Waals surface area contributed by atoms with Crippen LogP contribution >= 0.6 is 7.60 Å². The molecule has 0 fully saturated rings. The summed E-state index contributed by atoms with van der Waals surface area (Å²) in [5.74, 6) is -0.145. The highest BCUT2D eigenvalue weighted by molar-refractivity contribution is 7.53. The van der Waals surface area contributed by atoms with Gasteiger partial charge in [0.2, 0.25) is 0 Å². The van der Waals surface area contributed by atoms with Crippen LogP contribution in [-0.4, -0.2) is 19.1 Å². The van der Waals surface area contributed by atoms with Gasteiger partial charge in [-0.15, -0.1) is 0 Å². The first-order valence-electron chi connectivity index (χ1n) is 8.35. The minimum absolute atomic E-state index is 0.145. The van der Waals surface area contributed by atoms with Gasteiger partial charge in [0.25, 0.3) is 5.91 Å². The van der Waals surface area contributed by atoms with Crippen LogP contribution in [0.15, 0.2) is 54.6 Å². The average molecular weight is 361 g/mol. The molecule has 0 aromatic heterocycles. The standard InChI is InChI=1S/C19H24NO4P/c1-3-23-25(22,24-4-2)15-17-10-12-18(13-11-17)19(21)20-14-16-8-6-5-7-9-16/h5-13H,3-4,14-15H2,1-2H3,(H,20,21). The number of nitrogens with one attached hydrogen (secondary N) is 1. The number of amides is 1. The van der Waals surface area contributed by atoms with Gasteiger partial charge in [-0.1, -0.05) is 42.5 Å². The summed E-state index contributed by atoms with van der Waals surface area (Å²) in [6, 6.07) is 16.7. The SMILES string of the molecule is CCOP(=O)(Cc1ccc(C(=O)NCc2ccccc2)cc1)OCC. The highest BCUT2D eigenvalue weighted by atomic mass is 31.2. The zero-order chi connectivity index (χ0) is 18.1. The predicted molar refractivity (Wildman–Crippen MR) is 98.6 cm³/mol. The van der Waals surface area contributed by atoms with Gasteiger partial charge in [0.15, 0.2) is 0 Å². The molecule has 6 heteroatoms. The van der Waals surface area contributed by atoms with Gasteiger partial charge in [-0.3, -0.25) is 9.36 Å². The van der Waals surface area contributed by atoms with Crippen molar-refractivity contribution in [2.45, 2.75) is 26.6 Å². The number of rotatable bonds is 9. The molecule has 0 saturated carbocycles. The summed E-state index contributed by atoms with van der Waals surface area (Å²) in [6.07, 6.45) is 0.195. The lowest BCUT2D eigenvalue weighted by Crippen LogP contribution is -2.22. The number of carbonyl (C=O) groups excluding carboxylic acids is 1. The topological polar surface area (TPSA) is 64.6 Å². The van der Waals surface area contributed by atoms with Gasteiger partial charge in [-0.25, -0.2) is 0 Å². The van der Waals surface area contributed by atoms with Gasteiger partial charge < -0.3 is 14.4 Å². The van der Waals surface area contributed by atoms with Gasteiger partial charge in [0, 0.05) is 12.1 Å². The highest BCUT2D eigenvalue weighted by Gasteiger charge is 2.24. The van der Waals surface area contributed by atoms with E-state index >= 15 is 0 Å². The van der Waals surface area contributed by atoms with Gasteiger partial charge in [-0.05, 0) is 37.1 Å². The minimum Gasteiger partial charge on any atom is -0.348 e. The number of benzene rings is 2. The Bertz CT molecular complexity index is 706. The Kier molecular flexibility index (Phi) is 7.38. The van der Waals surface area contributed by atoms with Crippen molar-refractivity contribution in [2.24, 2.45) is 0 Å². The Morgan fingerprint density at radius 1 is 0.920 bits per heavy atom. The summed E-state index contributed by atoms with van der Waals surface area (Å²) in [5.41, 5.74) is 2.41. The van der Waals surface area contributed by atoms with Gasteiger partial charge >= 0.3 is 7.60 Å². The van der Waals surface area contributed by atoms with Crippen LogP contribution in [0, 0.1) is 0 Å². The maximum atomic E-state index is 12.5. The van der Waals surface area contributed by atoms with E-state index < -0.39 is 7.60 Å². The molecule has 5 nitrogen and oxygen atoms in total. The van der Waals surface area contributed by atoms with Crippen molar-refractivity contribution in [1.82, 2.24) is 5.32 Å². The first-order valence-corrected chi connectivity index (χ1v) is 10.1. The summed E-state index contributed by atoms with van der Waals surface area (Å²) in [5, 5.41) is 2.88. The Hall–Kier alpha value is -1.94. The van der Waals surface area contributed by atoms with Crippen molar-refractivity contribution < 1.29 is 18.4 Å². The quantitative estimate of drug-likeness (QED) is 0.673. The van der Waals surface area contributed by atoms with E-state index in [1.165, 1.54) is 0 Å². The number of carbonyl (C=O) groups is 1. The summed E-state index contributed by atoms with van der Waals surface area (Å²) >= 11 is 0. The fourth-order valence-electron chi connectivity index (χ4n) is 2.39. The van der Waals surface area contributed by atoms with Crippen LogP contribution in [0.5, 0.6) is 0 Å². The van der Waals surface area contributed by atoms with E-state index in [0.29, 0.717) is 25.3 Å². The van der Waals surface area contributed by atoms with Crippen molar-refractivity contribution in [3.05, 3.63) is 71.3 Å². The molecular weight excluding hydrogens is 337 g/mol. The molecule has 0 atom stereocenters. The van der Waals surface area contributed by atoms with Crippen molar-refractivity contribution in [3.8, 4) is 0 Å². The highest BCUT2D eigenvalue weighted by Crippen LogP contribution is 2.51. The third kappa shape index (κ3) is 6.13. The molecule has 134 valence electrons. The van der Waals surface area contributed by atoms with Gasteiger partial charge in [-0.2, -0.15) is 0 Å². The molecule has 1 amide bonds. The lowest BCUT2D eigenvalue weighted by molar-refractivity contribution is 0.0951. The van der Waals surface area contributed by atoms with Crippen LogP contribution in [0.2, 0.25) is 0 Å². The molecule has 0 aliphatic heterocycles. The fraction of sp³-hybridized carbons (Fsp3) is 0.316. The predicted octanol–water partition coefficient (Wildman–Crippen LogP) is 4.38. The van der Waals surface area contributed by atoms with Crippen LogP contribution in [0.1, 0.15) is 35.3 Å². The lowest BCUT2D eigenvalue weighted by Gasteiger charge is -2.17. The summed E-state index contributed by atoms with van der Waals surface area (Å²) in [4.78, 5) is 12.2. The summed E-state index contributed by atoms with van der Waals surface area (Å²) in [6.45, 7) is 4.71. The minimum atomic E-state index is -3.13. The van der Waals surface area contributed by atoms with E-state index in [9.17, 15) is 9.36 Å². The maximum Gasteiger partial charge on any atom is 0.335 e. The first-order chi connectivity index (χ1) is 12.1. The van der Waals surface area contributed by atoms with E-state index in [2.05, 4.69) is 5.32 Å². The molecule has 1 N–H and O–H groups in total.